The Balaban J connectivity index is 1.43. The number of carbonyl (C=O) groups excluding carboxylic acids is 5. The van der Waals surface area contributed by atoms with Gasteiger partial charge in [0.05, 0.1) is 24.4 Å². The standard InChI is InChI=1S/C57H91N3O14/c1-35-17-13-12-14-18-36(2)47(69-9)33-43-22-20-41(7)57(68,74-43)53(64)54(65)60-24-16-15-19-44(60)55(66)72-48(34-45(61)37(3)30-40(6)51(63)52(71-11)50(62)39(5)29-35)38(4)31-42-21-23-46(49(32-42)70-10)73-56(67)59-27-25-58(8)26-28-59/h12-14,17-18,30,35,37-39,41-49,51-52,61,63,68H,15-16,19-29,31-34H2,1-11H3/b14-12+,17-13+,36-18+,40-30+/t35-,37-,38-,39-,41-,42+,43+,44+,45-,46-,47+,48+,49-,51-,52+,57-/m1/s1. The minimum absolute atomic E-state index is 0.00682. The Morgan fingerprint density at radius 3 is 2.20 bits per heavy atom. The fourth-order valence-corrected chi connectivity index (χ4v) is 11.6. The number of piperazine rings is 1. The SMILES string of the molecule is CO[C@H]1C[C@@H]2CC[C@@H](C)[C@@](O)(O2)C(=O)C(=O)N2CCCC[C@H]2C(=O)O[C@H]([C@H](C)C[C@@H]2CC[C@@H](OC(=O)N3CCN(C)CC3)[C@H](OC)C2)C[C@@H](O)[C@H](C)/C=C(\C)[C@@H](O)[C@@H](OC)C(=O)[C@H](C)C[C@H](C)/C=C/C=C/C=C/1C. The molecule has 1 aliphatic carbocycles. The molecule has 3 N–H and O–H groups in total. The molecule has 17 heteroatoms. The summed E-state index contributed by atoms with van der Waals surface area (Å²) in [6.07, 6.45) is 10.3. The summed E-state index contributed by atoms with van der Waals surface area (Å²) >= 11 is 0. The molecule has 0 aromatic rings. The average molecular weight is 1040 g/mol. The van der Waals surface area contributed by atoms with Crippen LogP contribution in [0.15, 0.2) is 47.6 Å². The number of cyclic esters (lactones) is 1. The van der Waals surface area contributed by atoms with Gasteiger partial charge in [0.2, 0.25) is 5.79 Å². The van der Waals surface area contributed by atoms with Crippen LogP contribution in [0, 0.1) is 35.5 Å². The lowest BCUT2D eigenvalue weighted by atomic mass is 9.78. The van der Waals surface area contributed by atoms with Crippen LogP contribution in [0.4, 0.5) is 4.79 Å². The number of carbonyl (C=O) groups is 5. The third-order valence-corrected chi connectivity index (χ3v) is 16.7. The van der Waals surface area contributed by atoms with E-state index in [0.717, 1.165) is 25.1 Å². The topological polar surface area (TPSA) is 211 Å². The van der Waals surface area contributed by atoms with Gasteiger partial charge in [-0.3, -0.25) is 14.4 Å². The van der Waals surface area contributed by atoms with E-state index in [1.54, 1.807) is 46.0 Å². The number of methoxy groups -OCH3 is 3. The molecule has 2 bridgehead atoms. The smallest absolute Gasteiger partial charge is 0.410 e. The van der Waals surface area contributed by atoms with Crippen molar-refractivity contribution in [3.05, 3.63) is 47.6 Å². The molecule has 5 aliphatic rings. The fourth-order valence-electron chi connectivity index (χ4n) is 11.6. The highest BCUT2D eigenvalue weighted by Crippen LogP contribution is 2.38. The van der Waals surface area contributed by atoms with E-state index in [-0.39, 0.29) is 55.1 Å². The van der Waals surface area contributed by atoms with Crippen LogP contribution >= 0.6 is 0 Å². The third kappa shape index (κ3) is 16.1. The number of rotatable bonds is 7. The molecule has 1 saturated carbocycles. The van der Waals surface area contributed by atoms with Gasteiger partial charge in [-0.15, -0.1) is 0 Å². The zero-order valence-corrected chi connectivity index (χ0v) is 46.3. The maximum absolute atomic E-state index is 14.6. The van der Waals surface area contributed by atoms with Crippen molar-refractivity contribution in [2.45, 2.75) is 186 Å². The number of hydrogen-bond acceptors (Lipinski definition) is 15. The Morgan fingerprint density at radius 1 is 0.811 bits per heavy atom. The van der Waals surface area contributed by atoms with Crippen LogP contribution in [0.25, 0.3) is 0 Å². The molecule has 4 aliphatic heterocycles. The summed E-state index contributed by atoms with van der Waals surface area (Å²) in [7, 11) is 6.61. The summed E-state index contributed by atoms with van der Waals surface area (Å²) in [4.78, 5) is 75.5. The predicted molar refractivity (Wildman–Crippen MR) is 279 cm³/mol. The zero-order valence-electron chi connectivity index (χ0n) is 46.3. The lowest BCUT2D eigenvalue weighted by Gasteiger charge is -2.43. The van der Waals surface area contributed by atoms with Crippen LogP contribution in [-0.2, 0) is 47.6 Å². The summed E-state index contributed by atoms with van der Waals surface area (Å²) in [5.74, 6) is -7.50. The van der Waals surface area contributed by atoms with E-state index in [0.29, 0.717) is 76.5 Å². The molecule has 0 aromatic carbocycles. The van der Waals surface area contributed by atoms with E-state index in [1.807, 2.05) is 65.1 Å². The van der Waals surface area contributed by atoms with Gasteiger partial charge in [0.15, 0.2) is 5.78 Å². The Labute approximate surface area is 441 Å². The number of Topliss-reactive ketones (excluding diaryl/α,β-unsaturated/α-hetero) is 2. The van der Waals surface area contributed by atoms with E-state index in [4.69, 9.17) is 28.4 Å². The number of aliphatic hydroxyl groups excluding tert-OH is 2. The maximum Gasteiger partial charge on any atom is 0.410 e. The number of piperidine rings is 1. The predicted octanol–water partition coefficient (Wildman–Crippen LogP) is 6.36. The number of aliphatic hydroxyl groups is 3. The second-order valence-electron chi connectivity index (χ2n) is 22.4. The van der Waals surface area contributed by atoms with Gasteiger partial charge in [0.1, 0.15) is 30.5 Å². The highest BCUT2D eigenvalue weighted by molar-refractivity contribution is 6.39. The maximum atomic E-state index is 14.6. The first kappa shape index (κ1) is 61.0. The minimum Gasteiger partial charge on any atom is -0.460 e. The van der Waals surface area contributed by atoms with Gasteiger partial charge in [-0.25, -0.2) is 9.59 Å². The van der Waals surface area contributed by atoms with Crippen LogP contribution in [0.2, 0.25) is 0 Å². The minimum atomic E-state index is -2.44. The average Bonchev–Trinajstić information content (AvgIpc) is 3.38. The molecule has 17 nitrogen and oxygen atoms in total. The van der Waals surface area contributed by atoms with Crippen molar-refractivity contribution >= 4 is 29.5 Å². The Morgan fingerprint density at radius 2 is 1.53 bits per heavy atom. The number of ketones is 2. The van der Waals surface area contributed by atoms with E-state index in [1.165, 1.54) is 12.0 Å². The van der Waals surface area contributed by atoms with Crippen molar-refractivity contribution < 1.29 is 67.7 Å². The number of hydrogen-bond donors (Lipinski definition) is 3. The molecule has 3 saturated heterocycles. The van der Waals surface area contributed by atoms with Crippen molar-refractivity contribution in [3.63, 3.8) is 0 Å². The quantitative estimate of drug-likeness (QED) is 0.144. The molecule has 0 aromatic heterocycles. The first-order valence-electron chi connectivity index (χ1n) is 27.4. The molecule has 418 valence electrons. The van der Waals surface area contributed by atoms with Gasteiger partial charge < -0.3 is 58.4 Å². The number of nitrogens with zero attached hydrogens (tertiary/aromatic N) is 3. The summed E-state index contributed by atoms with van der Waals surface area (Å²) < 4.78 is 36.0. The Bertz CT molecular complexity index is 2000. The number of likely N-dealkylation sites (N-methyl/N-ethyl adjacent to an activating group) is 1. The van der Waals surface area contributed by atoms with E-state index < -0.39 is 90.0 Å². The molecule has 0 spiro atoms. The number of fused-ring (bicyclic) bond motifs is 3. The van der Waals surface area contributed by atoms with Gasteiger partial charge in [-0.05, 0) is 114 Å². The van der Waals surface area contributed by atoms with Crippen LogP contribution < -0.4 is 0 Å². The molecule has 0 radical (unpaired) electrons. The summed E-state index contributed by atoms with van der Waals surface area (Å²) in [5.41, 5.74) is 1.32. The van der Waals surface area contributed by atoms with E-state index >= 15 is 0 Å². The van der Waals surface area contributed by atoms with Crippen LogP contribution in [0.3, 0.4) is 0 Å². The normalized spacial score (nSPS) is 39.4. The van der Waals surface area contributed by atoms with Gasteiger partial charge in [0.25, 0.3) is 11.7 Å². The van der Waals surface area contributed by atoms with E-state index in [9.17, 15) is 39.3 Å². The molecule has 2 amide bonds. The molecule has 16 atom stereocenters. The second-order valence-corrected chi connectivity index (χ2v) is 22.4. The van der Waals surface area contributed by atoms with Crippen LogP contribution in [0.5, 0.6) is 0 Å². The van der Waals surface area contributed by atoms with Gasteiger partial charge in [0, 0.05) is 84.6 Å². The van der Waals surface area contributed by atoms with Crippen LogP contribution in [-0.4, -0.2) is 181 Å². The summed E-state index contributed by atoms with van der Waals surface area (Å²) in [6, 6.07) is -1.14. The molecular weight excluding hydrogens is 951 g/mol. The number of amides is 2. The Hall–Kier alpha value is -3.81. The first-order chi connectivity index (χ1) is 35.1. The van der Waals surface area contributed by atoms with Gasteiger partial charge in [-0.1, -0.05) is 71.1 Å². The molecule has 4 heterocycles. The fraction of sp³-hybridized carbons (Fsp3) is 0.772. The van der Waals surface area contributed by atoms with Crippen molar-refractivity contribution in [2.24, 2.45) is 35.5 Å². The Kier molecular flexibility index (Phi) is 23.5. The number of allylic oxidation sites excluding steroid dienone is 5. The molecule has 74 heavy (non-hydrogen) atoms. The second kappa shape index (κ2) is 28.5. The highest BCUT2D eigenvalue weighted by atomic mass is 16.6. The molecular formula is C57H91N3O14. The van der Waals surface area contributed by atoms with E-state index in [2.05, 4.69) is 4.90 Å². The van der Waals surface area contributed by atoms with Gasteiger partial charge in [-0.2, -0.15) is 0 Å². The monoisotopic (exact) mass is 1040 g/mol. The number of ether oxygens (including phenoxy) is 6. The lowest BCUT2D eigenvalue weighted by Crippen LogP contribution is -2.61. The summed E-state index contributed by atoms with van der Waals surface area (Å²) in [5, 5.41) is 35.6. The lowest BCUT2D eigenvalue weighted by molar-refractivity contribution is -0.265. The zero-order chi connectivity index (χ0) is 54.4. The molecule has 0 unspecified atom stereocenters. The largest absolute Gasteiger partial charge is 0.460 e. The summed E-state index contributed by atoms with van der Waals surface area (Å²) in [6.45, 7) is 15.7. The molecule has 4 fully saturated rings. The highest BCUT2D eigenvalue weighted by Gasteiger charge is 2.53. The van der Waals surface area contributed by atoms with Crippen molar-refractivity contribution in [1.29, 1.82) is 0 Å². The van der Waals surface area contributed by atoms with Crippen molar-refractivity contribution in [2.75, 3.05) is 61.1 Å². The van der Waals surface area contributed by atoms with Crippen molar-refractivity contribution in [3.8, 4) is 0 Å². The third-order valence-electron chi connectivity index (χ3n) is 16.7. The number of esters is 1. The first-order valence-corrected chi connectivity index (χ1v) is 27.4. The van der Waals surface area contributed by atoms with Crippen molar-refractivity contribution in [1.82, 2.24) is 14.7 Å². The molecule has 5 rings (SSSR count). The van der Waals surface area contributed by atoms with Gasteiger partial charge >= 0.3 is 12.1 Å². The van der Waals surface area contributed by atoms with Crippen LogP contribution in [0.1, 0.15) is 126 Å².